The maximum atomic E-state index is 11.6. The van der Waals surface area contributed by atoms with Crippen LogP contribution in [0.15, 0.2) is 24.3 Å². The van der Waals surface area contributed by atoms with E-state index in [2.05, 4.69) is 10.9 Å². The van der Waals surface area contributed by atoms with Crippen molar-refractivity contribution in [2.24, 2.45) is 0 Å². The van der Waals surface area contributed by atoms with Gasteiger partial charge in [0.2, 0.25) is 0 Å². The van der Waals surface area contributed by atoms with Crippen molar-refractivity contribution in [3.63, 3.8) is 0 Å². The number of sulfone groups is 1. The van der Waals surface area contributed by atoms with Gasteiger partial charge in [0.25, 0.3) is 5.69 Å². The van der Waals surface area contributed by atoms with E-state index in [0.29, 0.717) is 12.1 Å². The Bertz CT molecular complexity index is 572. The molecule has 1 aliphatic heterocycles. The van der Waals surface area contributed by atoms with E-state index < -0.39 is 20.1 Å². The number of nitrogens with one attached hydrogen (secondary N) is 2. The molecule has 1 aliphatic rings. The molecule has 0 amide bonds. The molecule has 98 valence electrons. The number of hydrazine groups is 1. The summed E-state index contributed by atoms with van der Waals surface area (Å²) in [6.07, 6.45) is 1.14. The number of hydrogen-bond donors (Lipinski definition) is 2. The van der Waals surface area contributed by atoms with E-state index in [1.165, 1.54) is 12.1 Å². The molecule has 8 heteroatoms. The number of non-ortho nitro benzene ring substituents is 1. The number of rotatable bonds is 3. The summed E-state index contributed by atoms with van der Waals surface area (Å²) in [5.41, 5.74) is 6.06. The van der Waals surface area contributed by atoms with E-state index in [1.807, 2.05) is 0 Å². The predicted octanol–water partition coefficient (Wildman–Crippen LogP) is 0.157. The van der Waals surface area contributed by atoms with E-state index >= 15 is 0 Å². The summed E-state index contributed by atoms with van der Waals surface area (Å²) in [7, 11) is -3.28. The van der Waals surface area contributed by atoms with Crippen molar-refractivity contribution in [1.82, 2.24) is 10.9 Å². The van der Waals surface area contributed by atoms with Crippen LogP contribution in [0.2, 0.25) is 0 Å². The van der Waals surface area contributed by atoms with Gasteiger partial charge in [0, 0.05) is 30.9 Å². The van der Waals surface area contributed by atoms with Gasteiger partial charge in [-0.3, -0.25) is 15.5 Å². The highest BCUT2D eigenvalue weighted by molar-refractivity contribution is 7.91. The quantitative estimate of drug-likeness (QED) is 0.599. The van der Waals surface area contributed by atoms with E-state index in [9.17, 15) is 18.5 Å². The molecule has 2 N–H and O–H groups in total. The number of nitro benzene ring substituents is 1. The van der Waals surface area contributed by atoms with Crippen LogP contribution < -0.4 is 10.9 Å². The lowest BCUT2D eigenvalue weighted by Crippen LogP contribution is -2.37. The Labute approximate surface area is 104 Å². The average Bonchev–Trinajstić information content (AvgIpc) is 2.77. The Morgan fingerprint density at radius 2 is 2.17 bits per heavy atom. The fraction of sp³-hybridized carbons (Fsp3) is 0.400. The monoisotopic (exact) mass is 271 g/mol. The molecule has 7 nitrogen and oxygen atoms in total. The molecule has 0 spiro atoms. The highest BCUT2D eigenvalue weighted by Crippen LogP contribution is 2.27. The van der Waals surface area contributed by atoms with E-state index in [1.54, 1.807) is 12.1 Å². The lowest BCUT2D eigenvalue weighted by molar-refractivity contribution is -0.384. The van der Waals surface area contributed by atoms with Crippen molar-refractivity contribution < 1.29 is 13.3 Å². The van der Waals surface area contributed by atoms with Gasteiger partial charge in [0.1, 0.15) is 5.37 Å². The third-order valence-corrected chi connectivity index (χ3v) is 4.27. The first-order valence-corrected chi connectivity index (χ1v) is 7.26. The largest absolute Gasteiger partial charge is 0.269 e. The Hall–Kier alpha value is -1.51. The molecule has 1 saturated heterocycles. The van der Waals surface area contributed by atoms with Crippen molar-refractivity contribution in [1.29, 1.82) is 0 Å². The smallest absolute Gasteiger partial charge is 0.258 e. The molecule has 1 heterocycles. The molecule has 0 aliphatic carbocycles. The third kappa shape index (κ3) is 2.50. The van der Waals surface area contributed by atoms with Crippen LogP contribution in [0.4, 0.5) is 5.69 Å². The van der Waals surface area contributed by atoms with Crippen molar-refractivity contribution in [2.45, 2.75) is 11.3 Å². The average molecular weight is 271 g/mol. The van der Waals surface area contributed by atoms with Gasteiger partial charge in [-0.25, -0.2) is 13.8 Å². The summed E-state index contributed by atoms with van der Waals surface area (Å²) in [4.78, 5) is 10.2. The van der Waals surface area contributed by atoms with Crippen molar-refractivity contribution >= 4 is 15.5 Å². The minimum Gasteiger partial charge on any atom is -0.258 e. The van der Waals surface area contributed by atoms with Crippen molar-refractivity contribution in [2.75, 3.05) is 12.8 Å². The van der Waals surface area contributed by atoms with Gasteiger partial charge in [0.15, 0.2) is 9.84 Å². The molecule has 0 aromatic heterocycles. The molecule has 2 unspecified atom stereocenters. The summed E-state index contributed by atoms with van der Waals surface area (Å²) < 4.78 is 23.2. The molecule has 1 aromatic rings. The third-order valence-electron chi connectivity index (χ3n) is 2.90. The van der Waals surface area contributed by atoms with Crippen LogP contribution in [0.25, 0.3) is 0 Å². The second-order valence-electron chi connectivity index (χ2n) is 4.23. The molecule has 1 aromatic carbocycles. The van der Waals surface area contributed by atoms with Gasteiger partial charge < -0.3 is 0 Å². The lowest BCUT2D eigenvalue weighted by atomic mass is 10.00. The Morgan fingerprint density at radius 1 is 1.44 bits per heavy atom. The SMILES string of the molecule is CS(=O)(=O)C1NNCC1c1cccc([N+](=O)[O-])c1. The number of hydrogen-bond acceptors (Lipinski definition) is 6. The number of nitrogens with zero attached hydrogens (tertiary/aromatic N) is 1. The lowest BCUT2D eigenvalue weighted by Gasteiger charge is -2.16. The molecular weight excluding hydrogens is 258 g/mol. The Balaban J connectivity index is 2.36. The molecular formula is C10H13N3O4S. The van der Waals surface area contributed by atoms with Crippen LogP contribution in [0.1, 0.15) is 11.5 Å². The zero-order valence-corrected chi connectivity index (χ0v) is 10.5. The standard InChI is InChI=1S/C10H13N3O4S/c1-18(16,17)10-9(6-11-12-10)7-3-2-4-8(5-7)13(14)15/h2-5,9-12H,6H2,1H3. The number of benzene rings is 1. The number of nitro groups is 1. The van der Waals surface area contributed by atoms with E-state index in [0.717, 1.165) is 6.26 Å². The topological polar surface area (TPSA) is 101 Å². The maximum Gasteiger partial charge on any atom is 0.269 e. The van der Waals surface area contributed by atoms with Crippen LogP contribution in [-0.2, 0) is 9.84 Å². The first kappa shape index (κ1) is 12.9. The predicted molar refractivity (Wildman–Crippen MR) is 65.6 cm³/mol. The van der Waals surface area contributed by atoms with E-state index in [-0.39, 0.29) is 11.6 Å². The van der Waals surface area contributed by atoms with Gasteiger partial charge in [-0.1, -0.05) is 12.1 Å². The van der Waals surface area contributed by atoms with Crippen LogP contribution in [0.3, 0.4) is 0 Å². The first-order chi connectivity index (χ1) is 8.39. The molecule has 0 bridgehead atoms. The molecule has 0 saturated carbocycles. The minimum atomic E-state index is -3.28. The highest BCUT2D eigenvalue weighted by atomic mass is 32.2. The fourth-order valence-electron chi connectivity index (χ4n) is 2.04. The van der Waals surface area contributed by atoms with Gasteiger partial charge in [-0.2, -0.15) is 0 Å². The molecule has 1 fully saturated rings. The minimum absolute atomic E-state index is 0.0355. The molecule has 2 atom stereocenters. The van der Waals surface area contributed by atoms with Gasteiger partial charge >= 0.3 is 0 Å². The zero-order valence-electron chi connectivity index (χ0n) is 9.66. The van der Waals surface area contributed by atoms with Crippen LogP contribution in [0.5, 0.6) is 0 Å². The second kappa shape index (κ2) is 4.63. The first-order valence-electron chi connectivity index (χ1n) is 5.31. The maximum absolute atomic E-state index is 11.6. The Kier molecular flexibility index (Phi) is 3.33. The highest BCUT2D eigenvalue weighted by Gasteiger charge is 2.36. The molecule has 18 heavy (non-hydrogen) atoms. The van der Waals surface area contributed by atoms with Crippen molar-refractivity contribution in [3.05, 3.63) is 39.9 Å². The fourth-order valence-corrected chi connectivity index (χ4v) is 3.19. The van der Waals surface area contributed by atoms with Crippen LogP contribution >= 0.6 is 0 Å². The van der Waals surface area contributed by atoms with Gasteiger partial charge in [0.05, 0.1) is 4.92 Å². The molecule has 2 rings (SSSR count). The van der Waals surface area contributed by atoms with Crippen LogP contribution in [0, 0.1) is 10.1 Å². The van der Waals surface area contributed by atoms with Crippen LogP contribution in [-0.4, -0.2) is 31.5 Å². The zero-order chi connectivity index (χ0) is 13.3. The van der Waals surface area contributed by atoms with E-state index in [4.69, 9.17) is 0 Å². The summed E-state index contributed by atoms with van der Waals surface area (Å²) in [5, 5.41) is 9.94. The summed E-state index contributed by atoms with van der Waals surface area (Å²) in [6, 6.07) is 6.06. The summed E-state index contributed by atoms with van der Waals surface area (Å²) in [5.74, 6) is -0.333. The summed E-state index contributed by atoms with van der Waals surface area (Å²) >= 11 is 0. The van der Waals surface area contributed by atoms with Gasteiger partial charge in [-0.05, 0) is 5.56 Å². The molecule has 0 radical (unpaired) electrons. The van der Waals surface area contributed by atoms with Crippen molar-refractivity contribution in [3.8, 4) is 0 Å². The van der Waals surface area contributed by atoms with Gasteiger partial charge in [-0.15, -0.1) is 0 Å². The normalized spacial score (nSPS) is 24.1. The second-order valence-corrected chi connectivity index (χ2v) is 6.40. The summed E-state index contributed by atoms with van der Waals surface area (Å²) in [6.45, 7) is 0.416. The Morgan fingerprint density at radius 3 is 2.78 bits per heavy atom.